The van der Waals surface area contributed by atoms with Gasteiger partial charge in [-0.1, -0.05) is 39.3 Å². The highest BCUT2D eigenvalue weighted by Gasteiger charge is 2.38. The summed E-state index contributed by atoms with van der Waals surface area (Å²) in [5, 5.41) is 2.85. The minimum Gasteiger partial charge on any atom is -0.476 e. The Morgan fingerprint density at radius 3 is 2.62 bits per heavy atom. The molecule has 1 aromatic heterocycles. The highest BCUT2D eigenvalue weighted by atomic mass is 16.5. The van der Waals surface area contributed by atoms with Crippen LogP contribution in [0.2, 0.25) is 0 Å². The van der Waals surface area contributed by atoms with Gasteiger partial charge in [0, 0.05) is 5.69 Å². The lowest BCUT2D eigenvalue weighted by molar-refractivity contribution is -0.129. The normalized spacial score (nSPS) is 15.8. The standard InChI is InChI=1S/C22H28N4O3/c1-4-5-6-15-7-9-16(10-8-15)24-19(27)13-26-21-17(11-12-18(23)25-21)29-20(14(2)3)22(26)28/h7-12,14,20H,4-6,13H2,1-3H3,(H2,23,25)(H,24,27). The first-order valence-electron chi connectivity index (χ1n) is 10.0. The Hall–Kier alpha value is -3.09. The number of aryl methyl sites for hydroxylation is 1. The number of benzene rings is 1. The minimum absolute atomic E-state index is 0.0468. The van der Waals surface area contributed by atoms with E-state index in [-0.39, 0.29) is 35.9 Å². The fraction of sp³-hybridized carbons (Fsp3) is 0.409. The van der Waals surface area contributed by atoms with Gasteiger partial charge in [0.1, 0.15) is 12.4 Å². The fourth-order valence-electron chi connectivity index (χ4n) is 3.23. The molecule has 3 N–H and O–H groups in total. The average molecular weight is 396 g/mol. The number of fused-ring (bicyclic) bond motifs is 1. The predicted molar refractivity (Wildman–Crippen MR) is 114 cm³/mol. The van der Waals surface area contributed by atoms with E-state index in [4.69, 9.17) is 10.5 Å². The second kappa shape index (κ2) is 8.94. The number of nitrogens with zero attached hydrogens (tertiary/aromatic N) is 2. The van der Waals surface area contributed by atoms with Crippen LogP contribution in [0.25, 0.3) is 0 Å². The van der Waals surface area contributed by atoms with Gasteiger partial charge in [-0.2, -0.15) is 0 Å². The molecule has 7 heteroatoms. The Kier molecular flexibility index (Phi) is 6.36. The van der Waals surface area contributed by atoms with Crippen molar-refractivity contribution in [3.05, 3.63) is 42.0 Å². The highest BCUT2D eigenvalue weighted by Crippen LogP contribution is 2.34. The molecule has 154 valence electrons. The summed E-state index contributed by atoms with van der Waals surface area (Å²) in [6, 6.07) is 11.1. The molecule has 0 radical (unpaired) electrons. The van der Waals surface area contributed by atoms with Gasteiger partial charge in [0.05, 0.1) is 0 Å². The molecule has 0 aliphatic carbocycles. The predicted octanol–water partition coefficient (Wildman–Crippen LogP) is 3.40. The molecule has 2 heterocycles. The lowest BCUT2D eigenvalue weighted by Crippen LogP contribution is -2.51. The van der Waals surface area contributed by atoms with Crippen molar-refractivity contribution >= 4 is 29.1 Å². The summed E-state index contributed by atoms with van der Waals surface area (Å²) in [5.74, 6) is 0.336. The number of amides is 2. The van der Waals surface area contributed by atoms with Crippen LogP contribution in [0.5, 0.6) is 5.75 Å². The van der Waals surface area contributed by atoms with Crippen molar-refractivity contribution in [1.29, 1.82) is 0 Å². The van der Waals surface area contributed by atoms with Crippen LogP contribution in [0, 0.1) is 5.92 Å². The number of ether oxygens (including phenoxy) is 1. The second-order valence-electron chi connectivity index (χ2n) is 7.61. The van der Waals surface area contributed by atoms with Crippen molar-refractivity contribution in [2.24, 2.45) is 5.92 Å². The number of anilines is 3. The van der Waals surface area contributed by atoms with E-state index in [0.717, 1.165) is 19.3 Å². The number of nitrogens with one attached hydrogen (secondary N) is 1. The summed E-state index contributed by atoms with van der Waals surface area (Å²) >= 11 is 0. The largest absolute Gasteiger partial charge is 0.476 e. The zero-order chi connectivity index (χ0) is 21.0. The first-order valence-corrected chi connectivity index (χ1v) is 10.0. The first kappa shape index (κ1) is 20.6. The molecule has 2 amide bonds. The van der Waals surface area contributed by atoms with Gasteiger partial charge in [-0.25, -0.2) is 4.98 Å². The fourth-order valence-corrected chi connectivity index (χ4v) is 3.23. The van der Waals surface area contributed by atoms with Gasteiger partial charge in [0.25, 0.3) is 5.91 Å². The molecule has 0 saturated carbocycles. The smallest absolute Gasteiger partial charge is 0.270 e. The van der Waals surface area contributed by atoms with Crippen LogP contribution in [0.1, 0.15) is 39.2 Å². The molecule has 0 spiro atoms. The molecular weight excluding hydrogens is 368 g/mol. The van der Waals surface area contributed by atoms with Crippen molar-refractivity contribution in [2.75, 3.05) is 22.5 Å². The number of rotatable bonds is 7. The summed E-state index contributed by atoms with van der Waals surface area (Å²) in [7, 11) is 0. The van der Waals surface area contributed by atoms with Crippen LogP contribution in [0.4, 0.5) is 17.3 Å². The number of unbranched alkanes of at least 4 members (excludes halogenated alkanes) is 1. The van der Waals surface area contributed by atoms with Crippen molar-refractivity contribution < 1.29 is 14.3 Å². The molecular formula is C22H28N4O3. The van der Waals surface area contributed by atoms with Crippen LogP contribution in [-0.2, 0) is 16.0 Å². The van der Waals surface area contributed by atoms with Gasteiger partial charge in [0.15, 0.2) is 17.7 Å². The number of carbonyl (C=O) groups is 2. The van der Waals surface area contributed by atoms with E-state index in [1.165, 1.54) is 10.5 Å². The van der Waals surface area contributed by atoms with Crippen LogP contribution < -0.4 is 20.7 Å². The lowest BCUT2D eigenvalue weighted by atomic mass is 10.0. The highest BCUT2D eigenvalue weighted by molar-refractivity contribution is 6.05. The summed E-state index contributed by atoms with van der Waals surface area (Å²) < 4.78 is 5.80. The molecule has 1 atom stereocenters. The number of hydrogen-bond acceptors (Lipinski definition) is 5. The van der Waals surface area contributed by atoms with E-state index < -0.39 is 6.10 Å². The molecule has 1 unspecified atom stereocenters. The molecule has 7 nitrogen and oxygen atoms in total. The van der Waals surface area contributed by atoms with E-state index in [2.05, 4.69) is 17.2 Å². The number of pyridine rings is 1. The zero-order valence-electron chi connectivity index (χ0n) is 17.1. The SMILES string of the molecule is CCCCc1ccc(NC(=O)CN2C(=O)C(C(C)C)Oc3ccc(N)nc32)cc1. The molecule has 1 aliphatic rings. The van der Waals surface area contributed by atoms with E-state index in [9.17, 15) is 9.59 Å². The average Bonchev–Trinajstić information content (AvgIpc) is 2.69. The summed E-state index contributed by atoms with van der Waals surface area (Å²) in [4.78, 5) is 31.1. The number of nitrogen functional groups attached to an aromatic ring is 1. The number of aromatic nitrogens is 1. The molecule has 0 bridgehead atoms. The molecule has 2 aromatic rings. The summed E-state index contributed by atoms with van der Waals surface area (Å²) in [5.41, 5.74) is 7.71. The third kappa shape index (κ3) is 4.85. The Bertz CT molecular complexity index is 880. The van der Waals surface area contributed by atoms with Crippen molar-refractivity contribution in [3.63, 3.8) is 0 Å². The molecule has 29 heavy (non-hydrogen) atoms. The van der Waals surface area contributed by atoms with Crippen molar-refractivity contribution in [1.82, 2.24) is 4.98 Å². The Labute approximate surface area is 171 Å². The quantitative estimate of drug-likeness (QED) is 0.748. The summed E-state index contributed by atoms with van der Waals surface area (Å²) in [6.07, 6.45) is 2.63. The molecule has 1 aromatic carbocycles. The number of carbonyl (C=O) groups excluding carboxylic acids is 2. The maximum absolute atomic E-state index is 12.9. The Balaban J connectivity index is 1.74. The van der Waals surface area contributed by atoms with Crippen molar-refractivity contribution in [2.45, 2.75) is 46.1 Å². The third-order valence-corrected chi connectivity index (χ3v) is 4.84. The Morgan fingerprint density at radius 1 is 1.24 bits per heavy atom. The van der Waals surface area contributed by atoms with Crippen LogP contribution >= 0.6 is 0 Å². The molecule has 0 fully saturated rings. The van der Waals surface area contributed by atoms with Crippen LogP contribution in [-0.4, -0.2) is 29.4 Å². The molecule has 0 saturated heterocycles. The summed E-state index contributed by atoms with van der Waals surface area (Å²) in [6.45, 7) is 5.80. The van der Waals surface area contributed by atoms with Gasteiger partial charge < -0.3 is 15.8 Å². The lowest BCUT2D eigenvalue weighted by Gasteiger charge is -2.34. The first-order chi connectivity index (χ1) is 13.9. The maximum atomic E-state index is 12.9. The second-order valence-corrected chi connectivity index (χ2v) is 7.61. The van der Waals surface area contributed by atoms with Gasteiger partial charge in [-0.3, -0.25) is 14.5 Å². The molecule has 3 rings (SSSR count). The monoisotopic (exact) mass is 396 g/mol. The van der Waals surface area contributed by atoms with Gasteiger partial charge in [0.2, 0.25) is 5.91 Å². The van der Waals surface area contributed by atoms with Gasteiger partial charge in [-0.15, -0.1) is 0 Å². The van der Waals surface area contributed by atoms with E-state index in [1.807, 2.05) is 38.1 Å². The molecule has 1 aliphatic heterocycles. The van der Waals surface area contributed by atoms with E-state index >= 15 is 0 Å². The van der Waals surface area contributed by atoms with Crippen molar-refractivity contribution in [3.8, 4) is 5.75 Å². The van der Waals surface area contributed by atoms with Gasteiger partial charge in [-0.05, 0) is 48.6 Å². The van der Waals surface area contributed by atoms with Crippen LogP contribution in [0.3, 0.4) is 0 Å². The maximum Gasteiger partial charge on any atom is 0.270 e. The zero-order valence-corrected chi connectivity index (χ0v) is 17.1. The van der Waals surface area contributed by atoms with Gasteiger partial charge >= 0.3 is 0 Å². The Morgan fingerprint density at radius 2 is 1.97 bits per heavy atom. The van der Waals surface area contributed by atoms with Crippen LogP contribution in [0.15, 0.2) is 36.4 Å². The number of nitrogens with two attached hydrogens (primary N) is 1. The minimum atomic E-state index is -0.668. The topological polar surface area (TPSA) is 97.5 Å². The van der Waals surface area contributed by atoms with E-state index in [0.29, 0.717) is 11.4 Å². The number of hydrogen-bond donors (Lipinski definition) is 2. The van der Waals surface area contributed by atoms with E-state index in [1.54, 1.807) is 12.1 Å². The third-order valence-electron chi connectivity index (χ3n) is 4.84.